The molecule has 0 radical (unpaired) electrons. The molecule has 2 aromatic rings. The smallest absolute Gasteiger partial charge is 0.335 e. The summed E-state index contributed by atoms with van der Waals surface area (Å²) in [5, 5.41) is 11.8. The maximum absolute atomic E-state index is 11.8. The molecule has 0 aliphatic carbocycles. The molecule has 120 valence electrons. The normalized spacial score (nSPS) is 10.3. The Morgan fingerprint density at radius 3 is 2.39 bits per heavy atom. The summed E-state index contributed by atoms with van der Waals surface area (Å²) in [6.07, 6.45) is 2.86. The number of hydrogen-bond acceptors (Lipinski definition) is 2. The van der Waals surface area contributed by atoms with Gasteiger partial charge in [-0.15, -0.1) is 0 Å². The summed E-state index contributed by atoms with van der Waals surface area (Å²) in [6, 6.07) is 16.9. The molecule has 0 unspecified atom stereocenters. The zero-order valence-electron chi connectivity index (χ0n) is 13.0. The first-order valence-corrected chi connectivity index (χ1v) is 7.78. The van der Waals surface area contributed by atoms with Crippen LogP contribution in [0.4, 0.5) is 0 Å². The van der Waals surface area contributed by atoms with E-state index < -0.39 is 5.97 Å². The number of carboxylic acid groups (broad SMARTS) is 1. The van der Waals surface area contributed by atoms with Crippen LogP contribution < -0.4 is 5.32 Å². The van der Waals surface area contributed by atoms with Gasteiger partial charge in [-0.05, 0) is 42.5 Å². The second-order valence-corrected chi connectivity index (χ2v) is 5.44. The van der Waals surface area contributed by atoms with Crippen molar-refractivity contribution in [3.63, 3.8) is 0 Å². The molecule has 2 rings (SSSR count). The predicted molar refractivity (Wildman–Crippen MR) is 89.5 cm³/mol. The number of aryl methyl sites for hydroxylation is 1. The number of nitrogens with one attached hydrogen (secondary N) is 1. The van der Waals surface area contributed by atoms with E-state index in [1.54, 1.807) is 18.2 Å². The highest BCUT2D eigenvalue weighted by atomic mass is 16.4. The van der Waals surface area contributed by atoms with Gasteiger partial charge >= 0.3 is 5.97 Å². The topological polar surface area (TPSA) is 66.4 Å². The van der Waals surface area contributed by atoms with Gasteiger partial charge in [0.15, 0.2) is 0 Å². The monoisotopic (exact) mass is 311 g/mol. The van der Waals surface area contributed by atoms with Crippen molar-refractivity contribution in [1.82, 2.24) is 5.32 Å². The van der Waals surface area contributed by atoms with Crippen LogP contribution in [0, 0.1) is 0 Å². The Balaban J connectivity index is 1.66. The van der Waals surface area contributed by atoms with E-state index in [1.807, 2.05) is 24.3 Å². The number of hydrogen-bond donors (Lipinski definition) is 2. The minimum Gasteiger partial charge on any atom is -0.478 e. The summed E-state index contributed by atoms with van der Waals surface area (Å²) in [5.74, 6) is -0.896. The number of aromatic carboxylic acids is 1. The molecular weight excluding hydrogens is 290 g/mol. The van der Waals surface area contributed by atoms with E-state index in [1.165, 1.54) is 5.56 Å². The molecule has 0 saturated heterocycles. The van der Waals surface area contributed by atoms with Gasteiger partial charge in [0.1, 0.15) is 0 Å². The van der Waals surface area contributed by atoms with Gasteiger partial charge in [0, 0.05) is 13.0 Å². The average molecular weight is 311 g/mol. The van der Waals surface area contributed by atoms with Crippen LogP contribution in [0.15, 0.2) is 54.6 Å². The minimum absolute atomic E-state index is 0.0373. The van der Waals surface area contributed by atoms with Crippen LogP contribution in [0.5, 0.6) is 0 Å². The van der Waals surface area contributed by atoms with Crippen molar-refractivity contribution in [2.45, 2.75) is 25.7 Å². The molecule has 2 N–H and O–H groups in total. The van der Waals surface area contributed by atoms with Crippen LogP contribution in [0.1, 0.15) is 34.3 Å². The van der Waals surface area contributed by atoms with Gasteiger partial charge in [-0.3, -0.25) is 4.79 Å². The second kappa shape index (κ2) is 8.73. The molecule has 0 aliphatic heterocycles. The molecule has 0 heterocycles. The molecule has 2 aromatic carbocycles. The molecule has 0 atom stereocenters. The first-order valence-electron chi connectivity index (χ1n) is 7.78. The van der Waals surface area contributed by atoms with Crippen LogP contribution in [-0.4, -0.2) is 23.5 Å². The van der Waals surface area contributed by atoms with Crippen molar-refractivity contribution in [2.75, 3.05) is 6.54 Å². The third-order valence-corrected chi connectivity index (χ3v) is 3.62. The molecule has 0 spiro atoms. The molecule has 0 saturated carbocycles. The first kappa shape index (κ1) is 16.7. The average Bonchev–Trinajstić information content (AvgIpc) is 2.56. The molecule has 0 fully saturated rings. The number of carbonyl (C=O) groups excluding carboxylic acids is 1. The molecule has 4 nitrogen and oxygen atoms in total. The Bertz CT molecular complexity index is 653. The van der Waals surface area contributed by atoms with Gasteiger partial charge in [0.05, 0.1) is 5.56 Å². The van der Waals surface area contributed by atoms with Crippen molar-refractivity contribution >= 4 is 11.9 Å². The van der Waals surface area contributed by atoms with E-state index >= 15 is 0 Å². The Morgan fingerprint density at radius 1 is 0.913 bits per heavy atom. The molecule has 4 heteroatoms. The van der Waals surface area contributed by atoms with E-state index in [0.717, 1.165) is 18.4 Å². The van der Waals surface area contributed by atoms with Gasteiger partial charge in [0.2, 0.25) is 5.91 Å². The number of amides is 1. The Morgan fingerprint density at radius 2 is 1.65 bits per heavy atom. The van der Waals surface area contributed by atoms with E-state index in [2.05, 4.69) is 17.4 Å². The summed E-state index contributed by atoms with van der Waals surface area (Å²) in [6.45, 7) is 0.521. The number of benzene rings is 2. The predicted octanol–water partition coefficient (Wildman–Crippen LogP) is 3.07. The fourth-order valence-electron chi connectivity index (χ4n) is 2.39. The lowest BCUT2D eigenvalue weighted by atomic mass is 10.1. The summed E-state index contributed by atoms with van der Waals surface area (Å²) in [5.41, 5.74) is 2.43. The fourth-order valence-corrected chi connectivity index (χ4v) is 2.39. The van der Waals surface area contributed by atoms with E-state index in [4.69, 9.17) is 5.11 Å². The van der Waals surface area contributed by atoms with Crippen LogP contribution in [0.2, 0.25) is 0 Å². The van der Waals surface area contributed by atoms with Crippen LogP contribution >= 0.6 is 0 Å². The Hall–Kier alpha value is -2.62. The lowest BCUT2D eigenvalue weighted by Gasteiger charge is -2.06. The minimum atomic E-state index is -0.934. The summed E-state index contributed by atoms with van der Waals surface area (Å²) in [7, 11) is 0. The van der Waals surface area contributed by atoms with Gasteiger partial charge in [0.25, 0.3) is 0 Å². The quantitative estimate of drug-likeness (QED) is 0.787. The van der Waals surface area contributed by atoms with E-state index in [9.17, 15) is 9.59 Å². The van der Waals surface area contributed by atoms with Gasteiger partial charge in [-0.2, -0.15) is 0 Å². The van der Waals surface area contributed by atoms with Crippen molar-refractivity contribution in [3.8, 4) is 0 Å². The largest absolute Gasteiger partial charge is 0.478 e. The summed E-state index contributed by atoms with van der Waals surface area (Å²) in [4.78, 5) is 22.7. The Labute approximate surface area is 136 Å². The number of carboxylic acids is 1. The highest BCUT2D eigenvalue weighted by molar-refractivity contribution is 5.87. The lowest BCUT2D eigenvalue weighted by Crippen LogP contribution is -2.25. The molecule has 0 bridgehead atoms. The van der Waals surface area contributed by atoms with Crippen LogP contribution in [0.25, 0.3) is 0 Å². The fraction of sp³-hybridized carbons (Fsp3) is 0.263. The standard InChI is InChI=1S/C19H21NO3/c21-18(11-5-8-15-6-2-1-3-7-15)20-13-12-16-9-4-10-17(14-16)19(22)23/h1-4,6-7,9-10,14H,5,8,11-13H2,(H,20,21)(H,22,23). The van der Waals surface area contributed by atoms with Crippen LogP contribution in [0.3, 0.4) is 0 Å². The van der Waals surface area contributed by atoms with Crippen molar-refractivity contribution < 1.29 is 14.7 Å². The van der Waals surface area contributed by atoms with Gasteiger partial charge in [-0.1, -0.05) is 42.5 Å². The highest BCUT2D eigenvalue weighted by Crippen LogP contribution is 2.06. The van der Waals surface area contributed by atoms with Crippen LogP contribution in [-0.2, 0) is 17.6 Å². The van der Waals surface area contributed by atoms with Gasteiger partial charge in [-0.25, -0.2) is 4.79 Å². The number of carbonyl (C=O) groups is 2. The molecule has 23 heavy (non-hydrogen) atoms. The number of rotatable bonds is 8. The third kappa shape index (κ3) is 5.94. The zero-order valence-corrected chi connectivity index (χ0v) is 13.0. The lowest BCUT2D eigenvalue weighted by molar-refractivity contribution is -0.121. The second-order valence-electron chi connectivity index (χ2n) is 5.44. The van der Waals surface area contributed by atoms with E-state index in [-0.39, 0.29) is 11.5 Å². The highest BCUT2D eigenvalue weighted by Gasteiger charge is 2.04. The molecule has 0 aromatic heterocycles. The van der Waals surface area contributed by atoms with Crippen molar-refractivity contribution in [2.24, 2.45) is 0 Å². The summed E-state index contributed by atoms with van der Waals surface area (Å²) >= 11 is 0. The summed E-state index contributed by atoms with van der Waals surface area (Å²) < 4.78 is 0. The maximum Gasteiger partial charge on any atom is 0.335 e. The molecule has 1 amide bonds. The van der Waals surface area contributed by atoms with Crippen molar-refractivity contribution in [3.05, 3.63) is 71.3 Å². The third-order valence-electron chi connectivity index (χ3n) is 3.62. The van der Waals surface area contributed by atoms with Gasteiger partial charge < -0.3 is 10.4 Å². The molecular formula is C19H21NO3. The molecule has 0 aliphatic rings. The SMILES string of the molecule is O=C(CCCc1ccccc1)NCCc1cccc(C(=O)O)c1. The first-order chi connectivity index (χ1) is 11.1. The van der Waals surface area contributed by atoms with Crippen molar-refractivity contribution in [1.29, 1.82) is 0 Å². The Kier molecular flexibility index (Phi) is 6.36. The van der Waals surface area contributed by atoms with E-state index in [0.29, 0.717) is 19.4 Å². The maximum atomic E-state index is 11.8. The zero-order chi connectivity index (χ0) is 16.5.